The lowest BCUT2D eigenvalue weighted by Gasteiger charge is -2.32. The molecule has 2 atom stereocenters. The first-order valence-electron chi connectivity index (χ1n) is 13.0. The molecule has 2 amide bonds. The number of aryl methyl sites for hydroxylation is 1. The number of benzene rings is 3. The predicted octanol–water partition coefficient (Wildman–Crippen LogP) is 5.29. The summed E-state index contributed by atoms with van der Waals surface area (Å²) in [6, 6.07) is 19.5. The Morgan fingerprint density at radius 1 is 1.00 bits per heavy atom. The fourth-order valence-electron chi connectivity index (χ4n) is 3.97. The maximum absolute atomic E-state index is 14.0. The topological polar surface area (TPSA) is 96.0 Å². The van der Waals surface area contributed by atoms with Gasteiger partial charge in [-0.2, -0.15) is 0 Å². The average molecular weight is 631 g/mol. The zero-order chi connectivity index (χ0) is 29.4. The molecule has 3 aromatic rings. The Kier molecular flexibility index (Phi) is 10.8. The second kappa shape index (κ2) is 13.8. The minimum absolute atomic E-state index is 0.0649. The van der Waals surface area contributed by atoms with E-state index in [4.69, 9.17) is 4.74 Å². The van der Waals surface area contributed by atoms with E-state index >= 15 is 0 Å². The van der Waals surface area contributed by atoms with Gasteiger partial charge in [-0.25, -0.2) is 8.42 Å². The molecule has 0 saturated heterocycles. The minimum atomic E-state index is -4.12. The molecule has 0 aliphatic carbocycles. The summed E-state index contributed by atoms with van der Waals surface area (Å²) in [6.07, 6.45) is 0.732. The summed E-state index contributed by atoms with van der Waals surface area (Å²) >= 11 is 3.41. The fraction of sp³-hybridized carbons (Fsp3) is 0.333. The highest BCUT2D eigenvalue weighted by Crippen LogP contribution is 2.27. The van der Waals surface area contributed by atoms with Crippen molar-refractivity contribution in [1.29, 1.82) is 0 Å². The smallest absolute Gasteiger partial charge is 0.264 e. The molecule has 0 bridgehead atoms. The van der Waals surface area contributed by atoms with Crippen LogP contribution in [0.15, 0.2) is 82.2 Å². The fourth-order valence-corrected chi connectivity index (χ4v) is 5.77. The summed E-state index contributed by atoms with van der Waals surface area (Å²) in [6.45, 7) is 6.98. The van der Waals surface area contributed by atoms with Crippen LogP contribution in [0.5, 0.6) is 5.75 Å². The van der Waals surface area contributed by atoms with Gasteiger partial charge in [0.15, 0.2) is 0 Å². The van der Waals surface area contributed by atoms with Crippen LogP contribution in [-0.2, 0) is 26.2 Å². The van der Waals surface area contributed by atoms with E-state index in [2.05, 4.69) is 21.2 Å². The molecule has 10 heteroatoms. The average Bonchev–Trinajstić information content (AvgIpc) is 2.94. The summed E-state index contributed by atoms with van der Waals surface area (Å²) in [4.78, 5) is 28.6. The lowest BCUT2D eigenvalue weighted by Crippen LogP contribution is -2.52. The number of hydrogen-bond acceptors (Lipinski definition) is 5. The zero-order valence-corrected chi connectivity index (χ0v) is 25.8. The first-order valence-corrected chi connectivity index (χ1v) is 15.3. The molecular formula is C30H36BrN3O5S. The third-order valence-electron chi connectivity index (χ3n) is 6.66. The molecule has 0 aromatic heterocycles. The van der Waals surface area contributed by atoms with Crippen LogP contribution in [0.25, 0.3) is 0 Å². The van der Waals surface area contributed by atoms with Gasteiger partial charge in [-0.1, -0.05) is 58.7 Å². The van der Waals surface area contributed by atoms with Gasteiger partial charge in [0, 0.05) is 17.1 Å². The number of rotatable bonds is 12. The van der Waals surface area contributed by atoms with Crippen LogP contribution >= 0.6 is 15.9 Å². The Labute approximate surface area is 245 Å². The predicted molar refractivity (Wildman–Crippen MR) is 161 cm³/mol. The van der Waals surface area contributed by atoms with Crippen LogP contribution < -0.4 is 14.4 Å². The van der Waals surface area contributed by atoms with E-state index < -0.39 is 28.5 Å². The Morgan fingerprint density at radius 2 is 1.65 bits per heavy atom. The number of ether oxygens (including phenoxy) is 1. The lowest BCUT2D eigenvalue weighted by atomic mass is 10.1. The molecule has 0 saturated carbocycles. The van der Waals surface area contributed by atoms with Gasteiger partial charge in [-0.3, -0.25) is 13.9 Å². The van der Waals surface area contributed by atoms with Crippen molar-refractivity contribution >= 4 is 43.5 Å². The molecule has 0 aliphatic heterocycles. The third-order valence-corrected chi connectivity index (χ3v) is 8.95. The van der Waals surface area contributed by atoms with Crippen molar-refractivity contribution in [3.05, 3.63) is 88.4 Å². The molecule has 3 rings (SSSR count). The third kappa shape index (κ3) is 7.85. The van der Waals surface area contributed by atoms with Crippen molar-refractivity contribution in [2.75, 3.05) is 18.0 Å². The summed E-state index contributed by atoms with van der Waals surface area (Å²) in [7, 11) is -2.55. The largest absolute Gasteiger partial charge is 0.497 e. The van der Waals surface area contributed by atoms with Crippen LogP contribution in [0.2, 0.25) is 0 Å². The van der Waals surface area contributed by atoms with Gasteiger partial charge in [0.05, 0.1) is 17.7 Å². The van der Waals surface area contributed by atoms with Crippen LogP contribution in [0, 0.1) is 6.92 Å². The Morgan fingerprint density at radius 3 is 2.23 bits per heavy atom. The van der Waals surface area contributed by atoms with Gasteiger partial charge >= 0.3 is 0 Å². The highest BCUT2D eigenvalue weighted by atomic mass is 79.9. The number of hydrogen-bond donors (Lipinski definition) is 1. The molecular weight excluding hydrogens is 594 g/mol. The zero-order valence-electron chi connectivity index (χ0n) is 23.4. The number of carbonyl (C=O) groups excluding carboxylic acids is 2. The van der Waals surface area contributed by atoms with Gasteiger partial charge in [0.1, 0.15) is 18.3 Å². The Hall–Kier alpha value is -3.37. The number of amides is 2. The van der Waals surface area contributed by atoms with Crippen molar-refractivity contribution < 1.29 is 22.7 Å². The first-order chi connectivity index (χ1) is 19.0. The van der Waals surface area contributed by atoms with E-state index in [0.29, 0.717) is 15.9 Å². The van der Waals surface area contributed by atoms with Crippen molar-refractivity contribution in [2.45, 2.75) is 57.6 Å². The number of sulfonamides is 1. The van der Waals surface area contributed by atoms with Crippen LogP contribution in [0.1, 0.15) is 38.3 Å². The maximum Gasteiger partial charge on any atom is 0.264 e. The number of methoxy groups -OCH3 is 1. The monoisotopic (exact) mass is 629 g/mol. The molecule has 0 unspecified atom stereocenters. The highest BCUT2D eigenvalue weighted by molar-refractivity contribution is 9.10. The molecule has 1 N–H and O–H groups in total. The van der Waals surface area contributed by atoms with Crippen molar-refractivity contribution in [3.8, 4) is 5.75 Å². The second-order valence-electron chi connectivity index (χ2n) is 9.67. The highest BCUT2D eigenvalue weighted by Gasteiger charge is 2.32. The van der Waals surface area contributed by atoms with E-state index in [9.17, 15) is 18.0 Å². The van der Waals surface area contributed by atoms with Crippen molar-refractivity contribution in [3.63, 3.8) is 0 Å². The van der Waals surface area contributed by atoms with Crippen molar-refractivity contribution in [2.24, 2.45) is 0 Å². The van der Waals surface area contributed by atoms with Crippen LogP contribution in [0.3, 0.4) is 0 Å². The van der Waals surface area contributed by atoms with Gasteiger partial charge in [-0.15, -0.1) is 0 Å². The van der Waals surface area contributed by atoms with Gasteiger partial charge in [0.25, 0.3) is 10.0 Å². The SMILES string of the molecule is CC[C@@H](C)NC(=O)[C@H](C)N(Cc1ccc(OC)cc1)C(=O)CN(c1cccc(Br)c1)S(=O)(=O)c1ccc(C)cc1. The first kappa shape index (κ1) is 31.2. The molecule has 0 radical (unpaired) electrons. The number of carbonyl (C=O) groups is 2. The van der Waals surface area contributed by atoms with Gasteiger partial charge in [-0.05, 0) is 75.2 Å². The molecule has 0 fully saturated rings. The minimum Gasteiger partial charge on any atom is -0.497 e. The van der Waals surface area contributed by atoms with Crippen molar-refractivity contribution in [1.82, 2.24) is 10.2 Å². The quantitative estimate of drug-likeness (QED) is 0.294. The standard InChI is InChI=1S/C30H36BrN3O5S/c1-6-22(3)32-30(36)23(4)33(19-24-12-14-27(39-5)15-13-24)29(35)20-34(26-9-7-8-25(31)18-26)40(37,38)28-16-10-21(2)11-17-28/h7-18,22-23H,6,19-20H2,1-5H3,(H,32,36)/t22-,23+/m1/s1. The van der Waals surface area contributed by atoms with E-state index in [0.717, 1.165) is 21.9 Å². The molecule has 0 spiro atoms. The molecule has 3 aromatic carbocycles. The normalized spacial score (nSPS) is 12.8. The lowest BCUT2D eigenvalue weighted by molar-refractivity contribution is -0.139. The van der Waals surface area contributed by atoms with Crippen LogP contribution in [-0.4, -0.2) is 50.9 Å². The molecule has 8 nitrogen and oxygen atoms in total. The van der Waals surface area contributed by atoms with E-state index in [1.54, 1.807) is 62.6 Å². The Balaban J connectivity index is 2.02. The molecule has 40 heavy (non-hydrogen) atoms. The van der Waals surface area contributed by atoms with E-state index in [1.807, 2.05) is 32.9 Å². The van der Waals surface area contributed by atoms with Crippen LogP contribution in [0.4, 0.5) is 5.69 Å². The molecule has 0 aliphatic rings. The molecule has 0 heterocycles. The number of nitrogens with one attached hydrogen (secondary N) is 1. The van der Waals surface area contributed by atoms with E-state index in [-0.39, 0.29) is 23.4 Å². The Bertz CT molecular complexity index is 1410. The maximum atomic E-state index is 14.0. The number of anilines is 1. The van der Waals surface area contributed by atoms with Gasteiger partial charge < -0.3 is 15.0 Å². The summed E-state index contributed by atoms with van der Waals surface area (Å²) in [5.41, 5.74) is 2.01. The molecule has 214 valence electrons. The number of halogens is 1. The summed E-state index contributed by atoms with van der Waals surface area (Å²) in [5, 5.41) is 2.93. The summed E-state index contributed by atoms with van der Waals surface area (Å²) < 4.78 is 34.7. The van der Waals surface area contributed by atoms with E-state index in [1.165, 1.54) is 17.0 Å². The second-order valence-corrected chi connectivity index (χ2v) is 12.4. The van der Waals surface area contributed by atoms with Gasteiger partial charge in [0.2, 0.25) is 11.8 Å². The number of nitrogens with zero attached hydrogens (tertiary/aromatic N) is 2. The summed E-state index contributed by atoms with van der Waals surface area (Å²) in [5.74, 6) is -0.167.